The minimum atomic E-state index is -3.37. The number of benzene rings is 2. The van der Waals surface area contributed by atoms with Gasteiger partial charge in [0.15, 0.2) is 9.84 Å². The predicted octanol–water partition coefficient (Wildman–Crippen LogP) is 4.49. The third-order valence-corrected chi connectivity index (χ3v) is 7.37. The minimum absolute atomic E-state index is 0.0755. The summed E-state index contributed by atoms with van der Waals surface area (Å²) in [6.07, 6.45) is 2.82. The van der Waals surface area contributed by atoms with Crippen molar-refractivity contribution in [3.8, 4) is 11.3 Å². The Morgan fingerprint density at radius 3 is 2.42 bits per heavy atom. The Labute approximate surface area is 195 Å². The zero-order valence-corrected chi connectivity index (χ0v) is 20.1. The average molecular weight is 467 g/mol. The number of carbonyl (C=O) groups is 1. The van der Waals surface area contributed by atoms with E-state index in [4.69, 9.17) is 5.73 Å². The molecule has 33 heavy (non-hydrogen) atoms. The van der Waals surface area contributed by atoms with Crippen molar-refractivity contribution < 1.29 is 13.2 Å². The first-order valence-electron chi connectivity index (χ1n) is 11.0. The van der Waals surface area contributed by atoms with Gasteiger partial charge in [0.2, 0.25) is 11.9 Å². The molecule has 3 N–H and O–H groups in total. The van der Waals surface area contributed by atoms with Crippen LogP contribution in [0.3, 0.4) is 0 Å². The van der Waals surface area contributed by atoms with E-state index in [0.717, 1.165) is 35.4 Å². The van der Waals surface area contributed by atoms with Gasteiger partial charge in [0, 0.05) is 23.9 Å². The summed E-state index contributed by atoms with van der Waals surface area (Å²) in [6.45, 7) is 5.54. The van der Waals surface area contributed by atoms with Crippen molar-refractivity contribution in [1.82, 2.24) is 9.97 Å². The number of nitrogens with zero attached hydrogens (tertiary/aromatic N) is 2. The van der Waals surface area contributed by atoms with Crippen molar-refractivity contribution in [3.63, 3.8) is 0 Å². The van der Waals surface area contributed by atoms with Crippen molar-refractivity contribution in [2.45, 2.75) is 51.3 Å². The molecular formula is C25H30N4O3S. The molecule has 8 heteroatoms. The third-order valence-electron chi connectivity index (χ3n) is 5.56. The lowest BCUT2D eigenvalue weighted by Crippen LogP contribution is -2.08. The molecular weight excluding hydrogens is 436 g/mol. The van der Waals surface area contributed by atoms with E-state index < -0.39 is 9.84 Å². The number of anilines is 2. The molecule has 1 amide bonds. The Bertz CT molecular complexity index is 1240. The number of carbonyl (C=O) groups excluding carboxylic acids is 1. The zero-order valence-electron chi connectivity index (χ0n) is 19.3. The Morgan fingerprint density at radius 2 is 1.73 bits per heavy atom. The summed E-state index contributed by atoms with van der Waals surface area (Å²) in [5, 5.41) is 2.63. The van der Waals surface area contributed by atoms with Crippen LogP contribution >= 0.6 is 0 Å². The number of sulfone groups is 1. The Balaban J connectivity index is 1.55. The number of nitrogen functional groups attached to an aromatic ring is 1. The summed E-state index contributed by atoms with van der Waals surface area (Å²) in [6, 6.07) is 14.3. The van der Waals surface area contributed by atoms with E-state index in [1.165, 1.54) is 24.6 Å². The highest BCUT2D eigenvalue weighted by Crippen LogP contribution is 2.25. The van der Waals surface area contributed by atoms with Crippen LogP contribution in [0.4, 0.5) is 11.6 Å². The fourth-order valence-electron chi connectivity index (χ4n) is 3.65. The molecule has 1 aromatic heterocycles. The van der Waals surface area contributed by atoms with Gasteiger partial charge in [0.05, 0.1) is 16.3 Å². The van der Waals surface area contributed by atoms with Gasteiger partial charge in [-0.3, -0.25) is 4.79 Å². The highest BCUT2D eigenvalue weighted by atomic mass is 32.2. The molecule has 0 aliphatic carbocycles. The first kappa shape index (κ1) is 24.4. The summed E-state index contributed by atoms with van der Waals surface area (Å²) in [5.74, 6) is 0.123. The van der Waals surface area contributed by atoms with Crippen LogP contribution in [-0.4, -0.2) is 30.0 Å². The normalized spacial score (nSPS) is 11.4. The largest absolute Gasteiger partial charge is 0.368 e. The SMILES string of the molecule is CC(=O)Nc1ccc(S(=O)(=O)CCCCCc2cc(-c3cccc(C)c3C)nc(N)n2)cc1. The summed E-state index contributed by atoms with van der Waals surface area (Å²) < 4.78 is 25.2. The van der Waals surface area contributed by atoms with Gasteiger partial charge in [-0.25, -0.2) is 18.4 Å². The Hall–Kier alpha value is -3.26. The molecule has 0 atom stereocenters. The van der Waals surface area contributed by atoms with Gasteiger partial charge in [-0.1, -0.05) is 24.6 Å². The summed E-state index contributed by atoms with van der Waals surface area (Å²) in [5.41, 5.74) is 11.6. The lowest BCUT2D eigenvalue weighted by atomic mass is 10.00. The number of unbranched alkanes of at least 4 members (excludes halogenated alkanes) is 2. The first-order chi connectivity index (χ1) is 15.7. The van der Waals surface area contributed by atoms with Gasteiger partial charge in [-0.05, 0) is 74.6 Å². The van der Waals surface area contributed by atoms with Gasteiger partial charge in [0.25, 0.3) is 0 Å². The number of hydrogen-bond acceptors (Lipinski definition) is 6. The maximum Gasteiger partial charge on any atom is 0.221 e. The van der Waals surface area contributed by atoms with Crippen LogP contribution in [0.25, 0.3) is 11.3 Å². The first-order valence-corrected chi connectivity index (χ1v) is 12.6. The second-order valence-corrected chi connectivity index (χ2v) is 10.3. The highest BCUT2D eigenvalue weighted by molar-refractivity contribution is 7.91. The molecule has 0 radical (unpaired) electrons. The molecule has 3 rings (SSSR count). The lowest BCUT2D eigenvalue weighted by Gasteiger charge is -2.10. The molecule has 0 unspecified atom stereocenters. The molecule has 0 bridgehead atoms. The summed E-state index contributed by atoms with van der Waals surface area (Å²) in [4.78, 5) is 20.1. The molecule has 3 aromatic rings. The van der Waals surface area contributed by atoms with E-state index in [1.54, 1.807) is 12.1 Å². The second kappa shape index (κ2) is 10.6. The number of nitrogens with one attached hydrogen (secondary N) is 1. The minimum Gasteiger partial charge on any atom is -0.368 e. The third kappa shape index (κ3) is 6.61. The highest BCUT2D eigenvalue weighted by Gasteiger charge is 2.14. The van der Waals surface area contributed by atoms with Crippen LogP contribution in [0, 0.1) is 13.8 Å². The van der Waals surface area contributed by atoms with Gasteiger partial charge >= 0.3 is 0 Å². The summed E-state index contributed by atoms with van der Waals surface area (Å²) >= 11 is 0. The second-order valence-electron chi connectivity index (χ2n) is 8.19. The van der Waals surface area contributed by atoms with E-state index in [-0.39, 0.29) is 22.5 Å². The number of nitrogens with two attached hydrogens (primary N) is 1. The molecule has 174 valence electrons. The Kier molecular flexibility index (Phi) is 7.81. The molecule has 0 fully saturated rings. The smallest absolute Gasteiger partial charge is 0.221 e. The quantitative estimate of drug-likeness (QED) is 0.449. The molecule has 0 saturated heterocycles. The fourth-order valence-corrected chi connectivity index (χ4v) is 5.02. The summed E-state index contributed by atoms with van der Waals surface area (Å²) in [7, 11) is -3.37. The number of aryl methyl sites for hydroxylation is 2. The van der Waals surface area contributed by atoms with E-state index in [2.05, 4.69) is 35.2 Å². The van der Waals surface area contributed by atoms with Crippen LogP contribution in [0.5, 0.6) is 0 Å². The number of aromatic nitrogens is 2. The number of hydrogen-bond donors (Lipinski definition) is 2. The monoisotopic (exact) mass is 466 g/mol. The molecule has 0 aliphatic heterocycles. The van der Waals surface area contributed by atoms with Crippen molar-refractivity contribution >= 4 is 27.4 Å². The van der Waals surface area contributed by atoms with Gasteiger partial charge in [-0.15, -0.1) is 0 Å². The maximum absolute atomic E-state index is 12.6. The van der Waals surface area contributed by atoms with Crippen LogP contribution in [0.2, 0.25) is 0 Å². The van der Waals surface area contributed by atoms with Crippen LogP contribution in [-0.2, 0) is 21.1 Å². The van der Waals surface area contributed by atoms with E-state index >= 15 is 0 Å². The molecule has 1 heterocycles. The topological polar surface area (TPSA) is 115 Å². The van der Waals surface area contributed by atoms with Gasteiger partial charge < -0.3 is 11.1 Å². The fraction of sp³-hybridized carbons (Fsp3) is 0.320. The van der Waals surface area contributed by atoms with E-state index in [1.807, 2.05) is 18.2 Å². The lowest BCUT2D eigenvalue weighted by molar-refractivity contribution is -0.114. The van der Waals surface area contributed by atoms with E-state index in [0.29, 0.717) is 18.5 Å². The molecule has 0 spiro atoms. The van der Waals surface area contributed by atoms with Gasteiger partial charge in [0.1, 0.15) is 0 Å². The van der Waals surface area contributed by atoms with Crippen molar-refractivity contribution in [2.24, 2.45) is 0 Å². The predicted molar refractivity (Wildman–Crippen MR) is 132 cm³/mol. The van der Waals surface area contributed by atoms with Crippen molar-refractivity contribution in [1.29, 1.82) is 0 Å². The standard InChI is InChI=1S/C25H30N4O3S/c1-17-8-7-10-23(18(17)2)24-16-21(28-25(26)29-24)9-5-4-6-15-33(31,32)22-13-11-20(12-14-22)27-19(3)30/h7-8,10-14,16H,4-6,9,15H2,1-3H3,(H,27,30)(H2,26,28,29). The Morgan fingerprint density at radius 1 is 1.00 bits per heavy atom. The maximum atomic E-state index is 12.6. The molecule has 2 aromatic carbocycles. The molecule has 7 nitrogen and oxygen atoms in total. The molecule has 0 saturated carbocycles. The number of rotatable bonds is 9. The van der Waals surface area contributed by atoms with Crippen LogP contribution < -0.4 is 11.1 Å². The molecule has 0 aliphatic rings. The average Bonchev–Trinajstić information content (AvgIpc) is 2.75. The number of amides is 1. The van der Waals surface area contributed by atoms with Crippen molar-refractivity contribution in [2.75, 3.05) is 16.8 Å². The van der Waals surface area contributed by atoms with Gasteiger partial charge in [-0.2, -0.15) is 0 Å². The van der Waals surface area contributed by atoms with Crippen LogP contribution in [0.1, 0.15) is 43.0 Å². The van der Waals surface area contributed by atoms with E-state index in [9.17, 15) is 13.2 Å². The van der Waals surface area contributed by atoms with Crippen LogP contribution in [0.15, 0.2) is 53.4 Å². The zero-order chi connectivity index (χ0) is 24.0. The van der Waals surface area contributed by atoms with Crippen molar-refractivity contribution in [3.05, 3.63) is 65.4 Å².